The normalized spacial score (nSPS) is 17.3. The van der Waals surface area contributed by atoms with E-state index in [-0.39, 0.29) is 0 Å². The number of phenols is 1. The van der Waals surface area contributed by atoms with Crippen molar-refractivity contribution in [3.05, 3.63) is 29.3 Å². The van der Waals surface area contributed by atoms with Gasteiger partial charge in [0, 0.05) is 6.54 Å². The molecule has 1 aromatic carbocycles. The van der Waals surface area contributed by atoms with Crippen LogP contribution in [0.4, 0.5) is 8.78 Å². The molecule has 0 aromatic heterocycles. The van der Waals surface area contributed by atoms with Crippen LogP contribution in [0, 0.1) is 17.6 Å². The summed E-state index contributed by atoms with van der Waals surface area (Å²) < 4.78 is 26.3. The Hall–Kier alpha value is -1.20. The third-order valence-electron chi connectivity index (χ3n) is 4.11. The van der Waals surface area contributed by atoms with Crippen molar-refractivity contribution in [3.8, 4) is 5.75 Å². The number of nitrogens with zero attached hydrogens (tertiary/aromatic N) is 1. The molecule has 118 valence electrons. The Kier molecular flexibility index (Phi) is 5.94. The summed E-state index contributed by atoms with van der Waals surface area (Å²) in [5.41, 5.74) is 0.509. The number of rotatable bonds is 6. The van der Waals surface area contributed by atoms with Crippen molar-refractivity contribution in [2.75, 3.05) is 26.2 Å². The highest BCUT2D eigenvalue weighted by atomic mass is 19.1. The SMILES string of the molecule is CC1CCN(CCCNCc2cc(F)c(O)c(F)c2)CC1. The summed E-state index contributed by atoms with van der Waals surface area (Å²) in [6.45, 7) is 6.94. The van der Waals surface area contributed by atoms with Gasteiger partial charge in [-0.05, 0) is 69.1 Å². The maximum Gasteiger partial charge on any atom is 0.187 e. The van der Waals surface area contributed by atoms with Crippen molar-refractivity contribution in [1.29, 1.82) is 0 Å². The zero-order valence-electron chi connectivity index (χ0n) is 12.5. The first kappa shape index (κ1) is 16.2. The van der Waals surface area contributed by atoms with Crippen LogP contribution in [0.3, 0.4) is 0 Å². The second-order valence-electron chi connectivity index (χ2n) is 5.96. The van der Waals surface area contributed by atoms with E-state index in [4.69, 9.17) is 5.11 Å². The van der Waals surface area contributed by atoms with Crippen LogP contribution in [-0.4, -0.2) is 36.2 Å². The molecule has 0 aliphatic carbocycles. The van der Waals surface area contributed by atoms with Gasteiger partial charge in [0.15, 0.2) is 17.4 Å². The van der Waals surface area contributed by atoms with Gasteiger partial charge >= 0.3 is 0 Å². The Morgan fingerprint density at radius 1 is 1.24 bits per heavy atom. The van der Waals surface area contributed by atoms with Crippen LogP contribution in [0.15, 0.2) is 12.1 Å². The lowest BCUT2D eigenvalue weighted by atomic mass is 9.99. The number of aromatic hydroxyl groups is 1. The van der Waals surface area contributed by atoms with Crippen LogP contribution in [0.1, 0.15) is 31.7 Å². The van der Waals surface area contributed by atoms with Crippen LogP contribution >= 0.6 is 0 Å². The summed E-state index contributed by atoms with van der Waals surface area (Å²) in [7, 11) is 0. The Morgan fingerprint density at radius 2 is 1.86 bits per heavy atom. The molecular formula is C16H24F2N2O. The molecule has 0 spiro atoms. The molecule has 0 radical (unpaired) electrons. The number of phenolic OH excluding ortho intramolecular Hbond substituents is 1. The molecule has 5 heteroatoms. The van der Waals surface area contributed by atoms with E-state index in [1.165, 1.54) is 25.9 Å². The first-order valence-electron chi connectivity index (χ1n) is 7.66. The quantitative estimate of drug-likeness (QED) is 0.793. The summed E-state index contributed by atoms with van der Waals surface area (Å²) >= 11 is 0. The molecule has 1 heterocycles. The van der Waals surface area contributed by atoms with Crippen LogP contribution in [0.2, 0.25) is 0 Å². The van der Waals surface area contributed by atoms with Gasteiger partial charge in [-0.1, -0.05) is 6.92 Å². The van der Waals surface area contributed by atoms with Gasteiger partial charge in [0.1, 0.15) is 0 Å². The van der Waals surface area contributed by atoms with Gasteiger partial charge in [-0.15, -0.1) is 0 Å². The predicted octanol–water partition coefficient (Wildman–Crippen LogP) is 2.88. The van der Waals surface area contributed by atoms with E-state index in [0.29, 0.717) is 12.1 Å². The first-order chi connectivity index (χ1) is 10.1. The van der Waals surface area contributed by atoms with Gasteiger partial charge in [-0.2, -0.15) is 0 Å². The van der Waals surface area contributed by atoms with E-state index >= 15 is 0 Å². The molecule has 21 heavy (non-hydrogen) atoms. The second kappa shape index (κ2) is 7.71. The second-order valence-corrected chi connectivity index (χ2v) is 5.96. The molecule has 1 aromatic rings. The van der Waals surface area contributed by atoms with Gasteiger partial charge < -0.3 is 15.3 Å². The first-order valence-corrected chi connectivity index (χ1v) is 7.66. The number of nitrogens with one attached hydrogen (secondary N) is 1. The van der Waals surface area contributed by atoms with E-state index in [1.807, 2.05) is 0 Å². The fraction of sp³-hybridized carbons (Fsp3) is 0.625. The Morgan fingerprint density at radius 3 is 2.48 bits per heavy atom. The highest BCUT2D eigenvalue weighted by Gasteiger charge is 2.14. The summed E-state index contributed by atoms with van der Waals surface area (Å²) in [5.74, 6) is -1.87. The van der Waals surface area contributed by atoms with E-state index in [1.54, 1.807) is 0 Å². The minimum Gasteiger partial charge on any atom is -0.503 e. The highest BCUT2D eigenvalue weighted by molar-refractivity contribution is 5.29. The smallest absolute Gasteiger partial charge is 0.187 e. The minimum atomic E-state index is -0.908. The van der Waals surface area contributed by atoms with Gasteiger partial charge in [-0.3, -0.25) is 0 Å². The molecule has 2 rings (SSSR count). The monoisotopic (exact) mass is 298 g/mol. The molecule has 1 fully saturated rings. The molecular weight excluding hydrogens is 274 g/mol. The number of hydrogen-bond acceptors (Lipinski definition) is 3. The lowest BCUT2D eigenvalue weighted by Gasteiger charge is -2.30. The van der Waals surface area contributed by atoms with Crippen molar-refractivity contribution >= 4 is 0 Å². The molecule has 0 saturated carbocycles. The maximum atomic E-state index is 13.2. The molecule has 3 nitrogen and oxygen atoms in total. The average molecular weight is 298 g/mol. The summed E-state index contributed by atoms with van der Waals surface area (Å²) in [4.78, 5) is 2.47. The van der Waals surface area contributed by atoms with Gasteiger partial charge in [0.05, 0.1) is 0 Å². The number of hydrogen-bond donors (Lipinski definition) is 2. The fourth-order valence-electron chi connectivity index (χ4n) is 2.67. The van der Waals surface area contributed by atoms with Crippen LogP contribution in [-0.2, 0) is 6.54 Å². The zero-order valence-corrected chi connectivity index (χ0v) is 12.5. The number of piperidine rings is 1. The molecule has 0 bridgehead atoms. The number of benzene rings is 1. The summed E-state index contributed by atoms with van der Waals surface area (Å²) in [5, 5.41) is 12.2. The van der Waals surface area contributed by atoms with Crippen molar-refractivity contribution in [3.63, 3.8) is 0 Å². The third-order valence-corrected chi connectivity index (χ3v) is 4.11. The van der Waals surface area contributed by atoms with Crippen molar-refractivity contribution in [1.82, 2.24) is 10.2 Å². The lowest BCUT2D eigenvalue weighted by Crippen LogP contribution is -2.34. The molecule has 0 unspecified atom stereocenters. The molecule has 1 aliphatic rings. The van der Waals surface area contributed by atoms with Gasteiger partial charge in [0.25, 0.3) is 0 Å². The Labute approximate surface area is 125 Å². The van der Waals surface area contributed by atoms with Gasteiger partial charge in [0.2, 0.25) is 0 Å². The standard InChI is InChI=1S/C16H24F2N2O/c1-12-3-7-20(8-4-12)6-2-5-19-11-13-9-14(17)16(21)15(18)10-13/h9-10,12,19,21H,2-8,11H2,1H3. The van der Waals surface area contributed by atoms with Crippen LogP contribution in [0.25, 0.3) is 0 Å². The Bertz CT molecular complexity index is 437. The molecule has 0 atom stereocenters. The van der Waals surface area contributed by atoms with Crippen LogP contribution < -0.4 is 5.32 Å². The van der Waals surface area contributed by atoms with E-state index in [9.17, 15) is 8.78 Å². The zero-order chi connectivity index (χ0) is 15.2. The minimum absolute atomic E-state index is 0.408. The highest BCUT2D eigenvalue weighted by Crippen LogP contribution is 2.21. The number of halogens is 2. The van der Waals surface area contributed by atoms with E-state index in [0.717, 1.165) is 37.6 Å². The summed E-state index contributed by atoms with van der Waals surface area (Å²) in [6.07, 6.45) is 3.58. The van der Waals surface area contributed by atoms with Crippen molar-refractivity contribution in [2.24, 2.45) is 5.92 Å². The topological polar surface area (TPSA) is 35.5 Å². The van der Waals surface area contributed by atoms with Crippen molar-refractivity contribution in [2.45, 2.75) is 32.7 Å². The maximum absolute atomic E-state index is 13.2. The van der Waals surface area contributed by atoms with E-state index < -0.39 is 17.4 Å². The summed E-state index contributed by atoms with van der Waals surface area (Å²) in [6, 6.07) is 2.33. The fourth-order valence-corrected chi connectivity index (χ4v) is 2.67. The average Bonchev–Trinajstić information content (AvgIpc) is 2.46. The largest absolute Gasteiger partial charge is 0.503 e. The lowest BCUT2D eigenvalue weighted by molar-refractivity contribution is 0.190. The number of likely N-dealkylation sites (tertiary alicyclic amines) is 1. The van der Waals surface area contributed by atoms with Crippen molar-refractivity contribution < 1.29 is 13.9 Å². The Balaban J connectivity index is 1.64. The van der Waals surface area contributed by atoms with Gasteiger partial charge in [-0.25, -0.2) is 8.78 Å². The molecule has 1 aliphatic heterocycles. The third kappa shape index (κ3) is 4.93. The molecule has 0 amide bonds. The van der Waals surface area contributed by atoms with E-state index in [2.05, 4.69) is 17.1 Å². The molecule has 2 N–H and O–H groups in total. The predicted molar refractivity (Wildman–Crippen MR) is 79.2 cm³/mol. The van der Waals surface area contributed by atoms with Crippen LogP contribution in [0.5, 0.6) is 5.75 Å². The molecule has 1 saturated heterocycles.